The van der Waals surface area contributed by atoms with E-state index in [1.54, 1.807) is 14.2 Å². The van der Waals surface area contributed by atoms with Gasteiger partial charge in [0.1, 0.15) is 11.5 Å². The maximum atomic E-state index is 9.93. The first-order chi connectivity index (χ1) is 8.97. The summed E-state index contributed by atoms with van der Waals surface area (Å²) in [6.45, 7) is 5.03. The van der Waals surface area contributed by atoms with Crippen molar-refractivity contribution in [2.45, 2.75) is 38.3 Å². The Hall–Kier alpha value is -1.42. The van der Waals surface area contributed by atoms with Crippen LogP contribution in [0.5, 0.6) is 11.5 Å². The third kappa shape index (κ3) is 2.78. The van der Waals surface area contributed by atoms with Crippen molar-refractivity contribution in [3.8, 4) is 11.5 Å². The molecule has 4 nitrogen and oxygen atoms in total. The number of benzene rings is 1. The van der Waals surface area contributed by atoms with Gasteiger partial charge in [-0.15, -0.1) is 0 Å². The van der Waals surface area contributed by atoms with Crippen molar-refractivity contribution in [1.29, 1.82) is 0 Å². The van der Waals surface area contributed by atoms with Crippen LogP contribution in [-0.4, -0.2) is 37.5 Å². The van der Waals surface area contributed by atoms with E-state index in [4.69, 9.17) is 9.47 Å². The number of hydrogen-bond acceptors (Lipinski definition) is 4. The van der Waals surface area contributed by atoms with Gasteiger partial charge in [0.15, 0.2) is 0 Å². The van der Waals surface area contributed by atoms with E-state index in [2.05, 4.69) is 18.7 Å². The summed E-state index contributed by atoms with van der Waals surface area (Å²) in [4.78, 5) is 2.22. The van der Waals surface area contributed by atoms with E-state index in [0.29, 0.717) is 6.54 Å². The van der Waals surface area contributed by atoms with Gasteiger partial charge in [-0.3, -0.25) is 0 Å². The topological polar surface area (TPSA) is 41.9 Å². The molecule has 0 bridgehead atoms. The number of piperidine rings is 1. The van der Waals surface area contributed by atoms with Crippen LogP contribution in [0, 0.1) is 0 Å². The van der Waals surface area contributed by atoms with Gasteiger partial charge in [-0.05, 0) is 38.8 Å². The highest BCUT2D eigenvalue weighted by Crippen LogP contribution is 2.39. The highest BCUT2D eigenvalue weighted by molar-refractivity contribution is 5.62. The molecule has 1 unspecified atom stereocenters. The Morgan fingerprint density at radius 3 is 2.63 bits per heavy atom. The normalized spacial score (nSPS) is 22.2. The average molecular weight is 265 g/mol. The number of rotatable bonds is 3. The molecule has 0 spiro atoms. The average Bonchev–Trinajstić information content (AvgIpc) is 2.41. The quantitative estimate of drug-likeness (QED) is 0.911. The van der Waals surface area contributed by atoms with E-state index in [9.17, 15) is 5.11 Å². The molecule has 1 aliphatic heterocycles. The molecule has 1 N–H and O–H groups in total. The van der Waals surface area contributed by atoms with E-state index in [1.165, 1.54) is 0 Å². The Labute approximate surface area is 114 Å². The van der Waals surface area contributed by atoms with Gasteiger partial charge in [0.25, 0.3) is 0 Å². The van der Waals surface area contributed by atoms with Crippen LogP contribution < -0.4 is 14.4 Å². The van der Waals surface area contributed by atoms with Crippen LogP contribution in [0.2, 0.25) is 0 Å². The molecule has 0 aliphatic carbocycles. The molecule has 19 heavy (non-hydrogen) atoms. The fourth-order valence-electron chi connectivity index (χ4n) is 2.64. The van der Waals surface area contributed by atoms with Crippen molar-refractivity contribution >= 4 is 5.69 Å². The fraction of sp³-hybridized carbons (Fsp3) is 0.600. The monoisotopic (exact) mass is 265 g/mol. The van der Waals surface area contributed by atoms with E-state index in [0.717, 1.165) is 30.0 Å². The van der Waals surface area contributed by atoms with Crippen molar-refractivity contribution in [2.75, 3.05) is 25.7 Å². The predicted molar refractivity (Wildman–Crippen MR) is 76.2 cm³/mol. The minimum atomic E-state index is -0.278. The van der Waals surface area contributed by atoms with Gasteiger partial charge in [-0.1, -0.05) is 0 Å². The second kappa shape index (κ2) is 5.29. The zero-order valence-corrected chi connectivity index (χ0v) is 12.1. The molecule has 0 radical (unpaired) electrons. The number of anilines is 1. The standard InChI is InChI=1S/C15H23NO3/c1-15(2)8-7-11(17)10-16(15)13-6-5-12(18-3)9-14(13)19-4/h5-6,9,11,17H,7-8,10H2,1-4H3. The Morgan fingerprint density at radius 1 is 1.26 bits per heavy atom. The van der Waals surface area contributed by atoms with E-state index < -0.39 is 0 Å². The van der Waals surface area contributed by atoms with Crippen molar-refractivity contribution < 1.29 is 14.6 Å². The number of hydrogen-bond donors (Lipinski definition) is 1. The maximum Gasteiger partial charge on any atom is 0.145 e. The molecule has 4 heteroatoms. The Morgan fingerprint density at radius 2 is 2.00 bits per heavy atom. The van der Waals surface area contributed by atoms with Crippen molar-refractivity contribution in [3.63, 3.8) is 0 Å². The highest BCUT2D eigenvalue weighted by atomic mass is 16.5. The second-order valence-electron chi connectivity index (χ2n) is 5.65. The Kier molecular flexibility index (Phi) is 3.90. The van der Waals surface area contributed by atoms with Crippen LogP contribution in [0.25, 0.3) is 0 Å². The lowest BCUT2D eigenvalue weighted by molar-refractivity contribution is 0.125. The number of aliphatic hydroxyl groups is 1. The first-order valence-electron chi connectivity index (χ1n) is 6.65. The molecule has 106 valence electrons. The van der Waals surface area contributed by atoms with Gasteiger partial charge < -0.3 is 19.5 Å². The number of nitrogens with zero attached hydrogens (tertiary/aromatic N) is 1. The number of methoxy groups -OCH3 is 2. The van der Waals surface area contributed by atoms with Crippen molar-refractivity contribution in [1.82, 2.24) is 0 Å². The molecule has 0 aromatic heterocycles. The Balaban J connectivity index is 2.38. The second-order valence-corrected chi connectivity index (χ2v) is 5.65. The van der Waals surface area contributed by atoms with Gasteiger partial charge in [0, 0.05) is 18.2 Å². The lowest BCUT2D eigenvalue weighted by atomic mass is 9.88. The van der Waals surface area contributed by atoms with Gasteiger partial charge in [-0.2, -0.15) is 0 Å². The fourth-order valence-corrected chi connectivity index (χ4v) is 2.64. The summed E-state index contributed by atoms with van der Waals surface area (Å²) in [5.41, 5.74) is 1.02. The zero-order chi connectivity index (χ0) is 14.0. The van der Waals surface area contributed by atoms with Crippen LogP contribution in [0.4, 0.5) is 5.69 Å². The molecule has 1 saturated heterocycles. The van der Waals surface area contributed by atoms with Gasteiger partial charge in [0.05, 0.1) is 26.0 Å². The van der Waals surface area contributed by atoms with Gasteiger partial charge >= 0.3 is 0 Å². The smallest absolute Gasteiger partial charge is 0.145 e. The van der Waals surface area contributed by atoms with Crippen LogP contribution in [0.3, 0.4) is 0 Å². The Bertz CT molecular complexity index is 445. The predicted octanol–water partition coefficient (Wildman–Crippen LogP) is 2.44. The molecule has 1 atom stereocenters. The SMILES string of the molecule is COc1ccc(N2CC(O)CCC2(C)C)c(OC)c1. The number of ether oxygens (including phenoxy) is 2. The first kappa shape index (κ1) is 14.0. The number of β-amino-alcohol motifs (C(OH)–C–C–N with tert-alkyl or cyclic N) is 1. The molecule has 2 rings (SSSR count). The zero-order valence-electron chi connectivity index (χ0n) is 12.1. The molecule has 1 aliphatic rings. The highest BCUT2D eigenvalue weighted by Gasteiger charge is 2.35. The summed E-state index contributed by atoms with van der Waals surface area (Å²) >= 11 is 0. The molecule has 1 heterocycles. The third-order valence-electron chi connectivity index (χ3n) is 3.89. The maximum absolute atomic E-state index is 9.93. The molecule has 1 fully saturated rings. The minimum Gasteiger partial charge on any atom is -0.497 e. The van der Waals surface area contributed by atoms with Gasteiger partial charge in [-0.25, -0.2) is 0 Å². The molecular formula is C15H23NO3. The molecule has 1 aromatic carbocycles. The first-order valence-corrected chi connectivity index (χ1v) is 6.65. The summed E-state index contributed by atoms with van der Waals surface area (Å²) in [5.74, 6) is 1.55. The molecule has 0 saturated carbocycles. The summed E-state index contributed by atoms with van der Waals surface area (Å²) in [7, 11) is 3.30. The minimum absolute atomic E-state index is 0.0150. The lowest BCUT2D eigenvalue weighted by Crippen LogP contribution is -2.52. The van der Waals surface area contributed by atoms with Gasteiger partial charge in [0.2, 0.25) is 0 Å². The van der Waals surface area contributed by atoms with Crippen LogP contribution >= 0.6 is 0 Å². The van der Waals surface area contributed by atoms with E-state index >= 15 is 0 Å². The summed E-state index contributed by atoms with van der Waals surface area (Å²) in [5, 5.41) is 9.93. The van der Waals surface area contributed by atoms with Crippen molar-refractivity contribution in [3.05, 3.63) is 18.2 Å². The van der Waals surface area contributed by atoms with E-state index in [1.807, 2.05) is 18.2 Å². The van der Waals surface area contributed by atoms with Crippen LogP contribution in [0.1, 0.15) is 26.7 Å². The van der Waals surface area contributed by atoms with E-state index in [-0.39, 0.29) is 11.6 Å². The van der Waals surface area contributed by atoms with Crippen molar-refractivity contribution in [2.24, 2.45) is 0 Å². The summed E-state index contributed by atoms with van der Waals surface area (Å²) < 4.78 is 10.7. The summed E-state index contributed by atoms with van der Waals surface area (Å²) in [6, 6.07) is 5.80. The molecule has 0 amide bonds. The largest absolute Gasteiger partial charge is 0.497 e. The third-order valence-corrected chi connectivity index (χ3v) is 3.89. The lowest BCUT2D eigenvalue weighted by Gasteiger charge is -2.46. The molecular weight excluding hydrogens is 242 g/mol. The van der Waals surface area contributed by atoms with Crippen LogP contribution in [0.15, 0.2) is 18.2 Å². The molecule has 1 aromatic rings. The number of aliphatic hydroxyl groups excluding tert-OH is 1. The summed E-state index contributed by atoms with van der Waals surface area (Å²) in [6.07, 6.45) is 1.53. The van der Waals surface area contributed by atoms with Crippen LogP contribution in [-0.2, 0) is 0 Å².